The third kappa shape index (κ3) is 3.86. The number of benzene rings is 2. The first-order valence-corrected chi connectivity index (χ1v) is 8.34. The van der Waals surface area contributed by atoms with Crippen molar-refractivity contribution in [2.45, 2.75) is 12.8 Å². The van der Waals surface area contributed by atoms with Crippen LogP contribution < -0.4 is 10.1 Å². The third-order valence-corrected chi connectivity index (χ3v) is 4.35. The van der Waals surface area contributed by atoms with E-state index in [2.05, 4.69) is 5.32 Å². The zero-order valence-electron chi connectivity index (χ0n) is 14.0. The number of halogens is 1. The van der Waals surface area contributed by atoms with Crippen LogP contribution in [0.3, 0.4) is 0 Å². The van der Waals surface area contributed by atoms with Crippen molar-refractivity contribution in [3.05, 3.63) is 58.6 Å². The third-order valence-electron chi connectivity index (χ3n) is 4.04. The van der Waals surface area contributed by atoms with Crippen molar-refractivity contribution in [2.75, 3.05) is 18.5 Å². The van der Waals surface area contributed by atoms with Crippen LogP contribution in [0, 0.1) is 0 Å². The summed E-state index contributed by atoms with van der Waals surface area (Å²) < 4.78 is 10.2. The average molecular weight is 374 g/mol. The fourth-order valence-corrected chi connectivity index (χ4v) is 2.75. The normalized spacial score (nSPS) is 15.2. The van der Waals surface area contributed by atoms with Crippen LogP contribution >= 0.6 is 11.6 Å². The molecule has 1 aliphatic rings. The molecule has 6 nitrogen and oxygen atoms in total. The number of amides is 1. The number of nitrogens with one attached hydrogen (secondary N) is 1. The predicted octanol–water partition coefficient (Wildman–Crippen LogP) is 3.20. The van der Waals surface area contributed by atoms with Crippen LogP contribution in [0.1, 0.15) is 28.8 Å². The summed E-state index contributed by atoms with van der Waals surface area (Å²) in [5.41, 5.74) is 1.84. The summed E-state index contributed by atoms with van der Waals surface area (Å²) >= 11 is 5.92. The lowest BCUT2D eigenvalue weighted by Crippen LogP contribution is -2.19. The Kier molecular flexibility index (Phi) is 5.23. The van der Waals surface area contributed by atoms with E-state index in [0.717, 1.165) is 5.56 Å². The molecule has 0 aliphatic carbocycles. The lowest BCUT2D eigenvalue weighted by Gasteiger charge is -2.08. The lowest BCUT2D eigenvalue weighted by molar-refractivity contribution is -0.144. The number of rotatable bonds is 6. The van der Waals surface area contributed by atoms with Gasteiger partial charge in [0, 0.05) is 11.3 Å². The molecular formula is C19H16ClNO5. The maximum absolute atomic E-state index is 12.2. The molecule has 3 rings (SSSR count). The van der Waals surface area contributed by atoms with Crippen molar-refractivity contribution < 1.29 is 23.9 Å². The molecule has 1 atom stereocenters. The Morgan fingerprint density at radius 2 is 1.92 bits per heavy atom. The maximum Gasteiger partial charge on any atom is 0.344 e. The quantitative estimate of drug-likeness (QED) is 0.621. The van der Waals surface area contributed by atoms with Crippen LogP contribution in [0.25, 0.3) is 0 Å². The molecule has 26 heavy (non-hydrogen) atoms. The summed E-state index contributed by atoms with van der Waals surface area (Å²) in [6, 6.07) is 11.6. The van der Waals surface area contributed by atoms with Crippen LogP contribution in [0.2, 0.25) is 5.02 Å². The van der Waals surface area contributed by atoms with Gasteiger partial charge in [-0.15, -0.1) is 0 Å². The fraction of sp³-hybridized carbons (Fsp3) is 0.211. The highest BCUT2D eigenvalue weighted by atomic mass is 35.5. The highest BCUT2D eigenvalue weighted by Crippen LogP contribution is 2.32. The van der Waals surface area contributed by atoms with Crippen LogP contribution in [0.5, 0.6) is 5.75 Å². The monoisotopic (exact) mass is 373 g/mol. The Morgan fingerprint density at radius 1 is 1.15 bits per heavy atom. The topological polar surface area (TPSA) is 81.7 Å². The highest BCUT2D eigenvalue weighted by Gasteiger charge is 2.27. The first kappa shape index (κ1) is 17.9. The molecular weight excluding hydrogens is 358 g/mol. The summed E-state index contributed by atoms with van der Waals surface area (Å²) in [4.78, 5) is 35.6. The van der Waals surface area contributed by atoms with E-state index in [4.69, 9.17) is 21.1 Å². The first-order valence-electron chi connectivity index (χ1n) is 7.96. The summed E-state index contributed by atoms with van der Waals surface area (Å²) in [5.74, 6) is -1.09. The average Bonchev–Trinajstić information content (AvgIpc) is 2.92. The second-order valence-electron chi connectivity index (χ2n) is 5.82. The van der Waals surface area contributed by atoms with Gasteiger partial charge in [0.15, 0.2) is 19.0 Å². The van der Waals surface area contributed by atoms with Gasteiger partial charge in [0.25, 0.3) is 0 Å². The number of carbonyl (C=O) groups excluding carboxylic acids is 3. The molecule has 0 saturated carbocycles. The van der Waals surface area contributed by atoms with E-state index >= 15 is 0 Å². The molecule has 7 heteroatoms. The highest BCUT2D eigenvalue weighted by molar-refractivity contribution is 6.32. The van der Waals surface area contributed by atoms with Crippen molar-refractivity contribution in [3.63, 3.8) is 0 Å². The minimum Gasteiger partial charge on any atom is -0.480 e. The Labute approximate surface area is 155 Å². The second-order valence-corrected chi connectivity index (χ2v) is 6.22. The summed E-state index contributed by atoms with van der Waals surface area (Å²) in [7, 11) is 0. The molecule has 1 aliphatic heterocycles. The van der Waals surface area contributed by atoms with E-state index in [1.165, 1.54) is 0 Å². The van der Waals surface area contributed by atoms with E-state index in [-0.39, 0.29) is 24.2 Å². The first-order chi connectivity index (χ1) is 12.5. The molecule has 0 bridgehead atoms. The summed E-state index contributed by atoms with van der Waals surface area (Å²) in [6.45, 7) is 1.01. The minimum absolute atomic E-state index is 0.104. The van der Waals surface area contributed by atoms with E-state index in [1.807, 2.05) is 0 Å². The van der Waals surface area contributed by atoms with Crippen LogP contribution in [-0.2, 0) is 14.3 Å². The van der Waals surface area contributed by atoms with Gasteiger partial charge in [-0.25, -0.2) is 4.79 Å². The molecule has 0 radical (unpaired) electrons. The fourth-order valence-electron chi connectivity index (χ4n) is 2.56. The molecule has 2 aromatic rings. The number of ketones is 1. The van der Waals surface area contributed by atoms with Gasteiger partial charge < -0.3 is 14.8 Å². The van der Waals surface area contributed by atoms with Crippen molar-refractivity contribution in [1.29, 1.82) is 0 Å². The minimum atomic E-state index is -0.676. The number of Topliss-reactive ketones (excluding diaryl/α,β-unsaturated/α-hetero) is 1. The Hall–Kier alpha value is -2.86. The zero-order chi connectivity index (χ0) is 18.7. The maximum atomic E-state index is 12.2. The Balaban J connectivity index is 1.54. The van der Waals surface area contributed by atoms with Gasteiger partial charge >= 0.3 is 5.97 Å². The smallest absolute Gasteiger partial charge is 0.344 e. The van der Waals surface area contributed by atoms with Gasteiger partial charge in [-0.2, -0.15) is 0 Å². The molecule has 0 saturated heterocycles. The van der Waals surface area contributed by atoms with Gasteiger partial charge in [0.1, 0.15) is 5.75 Å². The molecule has 1 N–H and O–H groups in total. The number of fused-ring (bicyclic) bond motifs is 1. The summed E-state index contributed by atoms with van der Waals surface area (Å²) in [5, 5.41) is 3.12. The molecule has 2 aromatic carbocycles. The molecule has 0 aromatic heterocycles. The van der Waals surface area contributed by atoms with E-state index in [9.17, 15) is 14.4 Å². The predicted molar refractivity (Wildman–Crippen MR) is 95.7 cm³/mol. The van der Waals surface area contributed by atoms with E-state index < -0.39 is 12.6 Å². The molecule has 0 spiro atoms. The van der Waals surface area contributed by atoms with Crippen molar-refractivity contribution in [3.8, 4) is 5.75 Å². The van der Waals surface area contributed by atoms with Gasteiger partial charge in [0.2, 0.25) is 5.91 Å². The molecule has 1 heterocycles. The second kappa shape index (κ2) is 7.58. The van der Waals surface area contributed by atoms with Crippen molar-refractivity contribution in [1.82, 2.24) is 0 Å². The Morgan fingerprint density at radius 3 is 2.69 bits per heavy atom. The number of para-hydroxylation sites is 1. The van der Waals surface area contributed by atoms with Gasteiger partial charge in [0.05, 0.1) is 10.9 Å². The SMILES string of the molecule is C[C@@H]1C(=O)Nc2ccc(C(=O)COC(=O)COc3ccccc3Cl)cc21. The van der Waals surface area contributed by atoms with Crippen molar-refractivity contribution in [2.24, 2.45) is 0 Å². The molecule has 1 amide bonds. The Bertz CT molecular complexity index is 880. The molecule has 134 valence electrons. The number of esters is 1. The lowest BCUT2D eigenvalue weighted by atomic mass is 9.99. The van der Waals surface area contributed by atoms with Gasteiger partial charge in [-0.1, -0.05) is 23.7 Å². The number of ether oxygens (including phenoxy) is 2. The van der Waals surface area contributed by atoms with Crippen LogP contribution in [-0.4, -0.2) is 30.9 Å². The number of carbonyl (C=O) groups is 3. The number of hydrogen-bond acceptors (Lipinski definition) is 5. The van der Waals surface area contributed by atoms with Gasteiger partial charge in [-0.3, -0.25) is 9.59 Å². The van der Waals surface area contributed by atoms with Crippen molar-refractivity contribution >= 4 is 34.9 Å². The largest absolute Gasteiger partial charge is 0.480 e. The van der Waals surface area contributed by atoms with E-state index in [0.29, 0.717) is 22.0 Å². The molecule has 0 fully saturated rings. The van der Waals surface area contributed by atoms with E-state index in [1.54, 1.807) is 49.4 Å². The standard InChI is InChI=1S/C19H16ClNO5/c1-11-13-8-12(6-7-15(13)21-19(11)24)16(22)9-26-18(23)10-25-17-5-3-2-4-14(17)20/h2-8,11H,9-10H2,1H3,(H,21,24)/t11-/m0/s1. The van der Waals surface area contributed by atoms with Crippen LogP contribution in [0.4, 0.5) is 5.69 Å². The number of anilines is 1. The van der Waals surface area contributed by atoms with Gasteiger partial charge in [-0.05, 0) is 42.8 Å². The summed E-state index contributed by atoms with van der Waals surface area (Å²) in [6.07, 6.45) is 0. The number of hydrogen-bond donors (Lipinski definition) is 1. The molecule has 0 unspecified atom stereocenters. The van der Waals surface area contributed by atoms with Crippen LogP contribution in [0.15, 0.2) is 42.5 Å². The zero-order valence-corrected chi connectivity index (χ0v) is 14.7.